The Morgan fingerprint density at radius 2 is 2.07 bits per heavy atom. The molecule has 1 aromatic carbocycles. The summed E-state index contributed by atoms with van der Waals surface area (Å²) >= 11 is 0. The third-order valence-electron chi connectivity index (χ3n) is 5.71. The van der Waals surface area contributed by atoms with E-state index in [0.29, 0.717) is 12.1 Å². The summed E-state index contributed by atoms with van der Waals surface area (Å²) in [5.74, 6) is -0.402. The molecule has 0 unspecified atom stereocenters. The number of carbonyl (C=O) groups excluding carboxylic acids is 1. The Bertz CT molecular complexity index is 1090. The lowest BCUT2D eigenvalue weighted by Crippen LogP contribution is -2.34. The summed E-state index contributed by atoms with van der Waals surface area (Å²) < 4.78 is 5.71. The van der Waals surface area contributed by atoms with E-state index in [1.807, 2.05) is 13.0 Å². The van der Waals surface area contributed by atoms with Gasteiger partial charge in [0.25, 0.3) is 5.91 Å². The summed E-state index contributed by atoms with van der Waals surface area (Å²) in [5.41, 5.74) is 3.94. The molecule has 0 N–H and O–H groups in total. The van der Waals surface area contributed by atoms with Crippen LogP contribution in [-0.2, 0) is 17.6 Å². The van der Waals surface area contributed by atoms with Crippen molar-refractivity contribution in [3.8, 4) is 6.07 Å². The molecule has 0 bridgehead atoms. The van der Waals surface area contributed by atoms with Gasteiger partial charge in [0.15, 0.2) is 0 Å². The van der Waals surface area contributed by atoms with Crippen molar-refractivity contribution in [3.63, 3.8) is 0 Å². The highest BCUT2D eigenvalue weighted by Crippen LogP contribution is 2.39. The molecule has 0 saturated carbocycles. The van der Waals surface area contributed by atoms with E-state index < -0.39 is 11.5 Å². The average molecular weight is 377 g/mol. The van der Waals surface area contributed by atoms with Crippen molar-refractivity contribution in [1.82, 2.24) is 4.90 Å². The molecule has 1 aromatic heterocycles. The zero-order valence-electron chi connectivity index (χ0n) is 16.2. The number of rotatable bonds is 3. The summed E-state index contributed by atoms with van der Waals surface area (Å²) in [7, 11) is 1.62. The van der Waals surface area contributed by atoms with Gasteiger partial charge in [0.05, 0.1) is 5.56 Å². The number of benzene rings is 1. The Hall–Kier alpha value is -3.07. The molecule has 6 heteroatoms. The highest BCUT2D eigenvalue weighted by atomic mass is 16.4. The van der Waals surface area contributed by atoms with Crippen molar-refractivity contribution in [2.24, 2.45) is 0 Å². The fourth-order valence-electron chi connectivity index (χ4n) is 4.21. The molecule has 2 aliphatic rings. The number of amides is 1. The Balaban J connectivity index is 1.87. The van der Waals surface area contributed by atoms with Crippen LogP contribution >= 0.6 is 0 Å². The van der Waals surface area contributed by atoms with Gasteiger partial charge in [-0.2, -0.15) is 5.26 Å². The number of aryl methyl sites for hydroxylation is 2. The normalized spacial score (nSPS) is 15.9. The first-order valence-corrected chi connectivity index (χ1v) is 9.78. The summed E-state index contributed by atoms with van der Waals surface area (Å²) in [6.45, 7) is 4.41. The first kappa shape index (κ1) is 18.3. The summed E-state index contributed by atoms with van der Waals surface area (Å²) in [6.07, 6.45) is 5.43. The molecule has 6 nitrogen and oxygen atoms in total. The number of nitriles is 1. The number of hydrogen-bond acceptors (Lipinski definition) is 5. The van der Waals surface area contributed by atoms with Gasteiger partial charge in [0.1, 0.15) is 17.2 Å². The molecule has 3 heterocycles. The van der Waals surface area contributed by atoms with Gasteiger partial charge in [0.2, 0.25) is 0 Å². The monoisotopic (exact) mass is 377 g/mol. The molecular weight excluding hydrogens is 354 g/mol. The lowest BCUT2D eigenvalue weighted by molar-refractivity contribution is -0.125. The van der Waals surface area contributed by atoms with Gasteiger partial charge in [-0.25, -0.2) is 4.79 Å². The minimum absolute atomic E-state index is 0.0681. The van der Waals surface area contributed by atoms with Crippen molar-refractivity contribution < 1.29 is 9.21 Å². The van der Waals surface area contributed by atoms with E-state index >= 15 is 0 Å². The Kier molecular flexibility index (Phi) is 4.68. The molecule has 2 aliphatic heterocycles. The third-order valence-corrected chi connectivity index (χ3v) is 5.71. The summed E-state index contributed by atoms with van der Waals surface area (Å²) in [5, 5.41) is 10.2. The fourth-order valence-corrected chi connectivity index (χ4v) is 4.21. The second-order valence-electron chi connectivity index (χ2n) is 7.45. The van der Waals surface area contributed by atoms with E-state index in [1.54, 1.807) is 13.1 Å². The van der Waals surface area contributed by atoms with E-state index in [-0.39, 0.29) is 11.1 Å². The average Bonchev–Trinajstić information content (AvgIpc) is 2.72. The van der Waals surface area contributed by atoms with Gasteiger partial charge < -0.3 is 14.2 Å². The van der Waals surface area contributed by atoms with Crippen LogP contribution in [0.5, 0.6) is 0 Å². The van der Waals surface area contributed by atoms with Crippen molar-refractivity contribution in [2.45, 2.75) is 32.6 Å². The van der Waals surface area contributed by atoms with Gasteiger partial charge in [-0.15, -0.1) is 0 Å². The highest BCUT2D eigenvalue weighted by Gasteiger charge is 2.27. The van der Waals surface area contributed by atoms with Gasteiger partial charge in [-0.05, 0) is 56.4 Å². The SMILES string of the molecule is CCN(C)C(=O)C(C#N)=Cc1cc2cc3c4c(c2oc1=O)CCCN4CCC3. The molecule has 0 atom stereocenters. The molecule has 0 aliphatic carbocycles. The van der Waals surface area contributed by atoms with Gasteiger partial charge in [0, 0.05) is 43.3 Å². The minimum atomic E-state index is -0.517. The predicted molar refractivity (Wildman–Crippen MR) is 108 cm³/mol. The largest absolute Gasteiger partial charge is 0.422 e. The zero-order chi connectivity index (χ0) is 19.8. The topological polar surface area (TPSA) is 77.5 Å². The van der Waals surface area contributed by atoms with Crippen LogP contribution in [0.1, 0.15) is 36.5 Å². The second kappa shape index (κ2) is 7.16. The van der Waals surface area contributed by atoms with Crippen molar-refractivity contribution in [2.75, 3.05) is 31.6 Å². The Morgan fingerprint density at radius 1 is 1.32 bits per heavy atom. The number of likely N-dealkylation sites (N-methyl/N-ethyl adjacent to an activating group) is 1. The maximum atomic E-state index is 12.6. The van der Waals surface area contributed by atoms with Crippen molar-refractivity contribution in [3.05, 3.63) is 44.8 Å². The van der Waals surface area contributed by atoms with Crippen LogP contribution in [0.4, 0.5) is 5.69 Å². The van der Waals surface area contributed by atoms with E-state index in [9.17, 15) is 14.9 Å². The van der Waals surface area contributed by atoms with E-state index in [0.717, 1.165) is 49.7 Å². The van der Waals surface area contributed by atoms with Crippen LogP contribution in [0.2, 0.25) is 0 Å². The molecule has 144 valence electrons. The smallest absolute Gasteiger partial charge is 0.343 e. The fraction of sp³-hybridized carbons (Fsp3) is 0.409. The molecule has 0 spiro atoms. The van der Waals surface area contributed by atoms with Crippen molar-refractivity contribution in [1.29, 1.82) is 5.26 Å². The molecule has 0 radical (unpaired) electrons. The second-order valence-corrected chi connectivity index (χ2v) is 7.45. The lowest BCUT2D eigenvalue weighted by atomic mass is 9.90. The number of hydrogen-bond donors (Lipinski definition) is 0. The molecule has 4 rings (SSSR count). The third kappa shape index (κ3) is 2.97. The van der Waals surface area contributed by atoms with Gasteiger partial charge >= 0.3 is 5.63 Å². The maximum Gasteiger partial charge on any atom is 0.343 e. The van der Waals surface area contributed by atoms with Crippen LogP contribution in [0, 0.1) is 11.3 Å². The van der Waals surface area contributed by atoms with Crippen LogP contribution < -0.4 is 10.5 Å². The molecule has 1 amide bonds. The lowest BCUT2D eigenvalue weighted by Gasteiger charge is -2.37. The van der Waals surface area contributed by atoms with E-state index in [1.165, 1.54) is 22.2 Å². The molecule has 28 heavy (non-hydrogen) atoms. The summed E-state index contributed by atoms with van der Waals surface area (Å²) in [4.78, 5) is 28.8. The standard InChI is InChI=1S/C22H23N3O3/c1-3-24(2)21(26)17(13-23)12-16-11-15-10-14-6-4-8-25-9-5-7-18(19(14)25)20(15)28-22(16)27/h10-12H,3-9H2,1-2H3. The number of anilines is 1. The van der Waals surface area contributed by atoms with Crippen LogP contribution in [0.3, 0.4) is 0 Å². The first-order chi connectivity index (χ1) is 13.5. The molecular formula is C22H23N3O3. The van der Waals surface area contributed by atoms with Gasteiger partial charge in [-0.3, -0.25) is 4.79 Å². The first-order valence-electron chi connectivity index (χ1n) is 9.78. The van der Waals surface area contributed by atoms with Gasteiger partial charge in [-0.1, -0.05) is 0 Å². The number of nitrogens with zero attached hydrogens (tertiary/aromatic N) is 3. The number of carbonyl (C=O) groups is 1. The van der Waals surface area contributed by atoms with E-state index in [4.69, 9.17) is 4.42 Å². The zero-order valence-corrected chi connectivity index (χ0v) is 16.2. The van der Waals surface area contributed by atoms with Crippen LogP contribution in [-0.4, -0.2) is 37.5 Å². The number of fused-ring (bicyclic) bond motifs is 2. The highest BCUT2D eigenvalue weighted by molar-refractivity contribution is 6.02. The van der Waals surface area contributed by atoms with Crippen LogP contribution in [0.15, 0.2) is 26.9 Å². The summed E-state index contributed by atoms with van der Waals surface area (Å²) in [6, 6.07) is 5.76. The maximum absolute atomic E-state index is 12.6. The predicted octanol–water partition coefficient (Wildman–Crippen LogP) is 2.88. The molecule has 0 fully saturated rings. The van der Waals surface area contributed by atoms with E-state index in [2.05, 4.69) is 11.0 Å². The quantitative estimate of drug-likeness (QED) is 0.467. The Morgan fingerprint density at radius 3 is 2.79 bits per heavy atom. The van der Waals surface area contributed by atoms with Crippen LogP contribution in [0.25, 0.3) is 17.0 Å². The molecule has 0 saturated heterocycles. The molecule has 2 aromatic rings. The minimum Gasteiger partial charge on any atom is -0.422 e. The Labute approximate surface area is 163 Å². The van der Waals surface area contributed by atoms with Crippen molar-refractivity contribution >= 4 is 28.6 Å².